The van der Waals surface area contributed by atoms with E-state index in [1.54, 1.807) is 0 Å². The van der Waals surface area contributed by atoms with Crippen LogP contribution in [0.4, 0.5) is 4.39 Å². The lowest BCUT2D eigenvalue weighted by Crippen LogP contribution is -2.61. The van der Waals surface area contributed by atoms with Gasteiger partial charge >= 0.3 is 0 Å². The van der Waals surface area contributed by atoms with Crippen LogP contribution in [-0.4, -0.2) is 60.9 Å². The minimum Gasteiger partial charge on any atom is -0.298 e. The van der Waals surface area contributed by atoms with Crippen molar-refractivity contribution < 1.29 is 4.39 Å². The Morgan fingerprint density at radius 1 is 1.19 bits per heavy atom. The third-order valence-electron chi connectivity index (χ3n) is 3.49. The number of nitrogens with one attached hydrogen (secondary N) is 1. The Bertz CT molecular complexity index is 198. The summed E-state index contributed by atoms with van der Waals surface area (Å²) in [5.41, 5.74) is -0.0881. The van der Waals surface area contributed by atoms with E-state index in [0.717, 1.165) is 26.2 Å². The fourth-order valence-electron chi connectivity index (χ4n) is 2.26. The van der Waals surface area contributed by atoms with E-state index in [-0.39, 0.29) is 12.3 Å². The second kappa shape index (κ2) is 5.94. The van der Waals surface area contributed by atoms with Gasteiger partial charge in [-0.3, -0.25) is 15.1 Å². The van der Waals surface area contributed by atoms with Crippen LogP contribution < -0.4 is 5.32 Å². The smallest absolute Gasteiger partial charge is 0.102 e. The minimum atomic E-state index is -0.296. The highest BCUT2D eigenvalue weighted by molar-refractivity contribution is 4.84. The Morgan fingerprint density at radius 2 is 1.75 bits per heavy atom. The van der Waals surface area contributed by atoms with Crippen LogP contribution in [0.25, 0.3) is 0 Å². The maximum absolute atomic E-state index is 12.2. The molecule has 1 fully saturated rings. The maximum Gasteiger partial charge on any atom is 0.102 e. The van der Waals surface area contributed by atoms with Crippen molar-refractivity contribution in [2.24, 2.45) is 0 Å². The van der Waals surface area contributed by atoms with E-state index in [2.05, 4.69) is 42.8 Å². The lowest BCUT2D eigenvalue weighted by Gasteiger charge is -2.45. The Kier molecular flexibility index (Phi) is 5.15. The Balaban J connectivity index is 2.40. The van der Waals surface area contributed by atoms with E-state index in [9.17, 15) is 4.39 Å². The molecule has 4 heteroatoms. The molecule has 1 saturated heterocycles. The molecule has 16 heavy (non-hydrogen) atoms. The summed E-state index contributed by atoms with van der Waals surface area (Å²) in [6, 6.07) is 0.629. The number of halogens is 1. The number of nitrogens with zero attached hydrogens (tertiary/aromatic N) is 2. The molecule has 96 valence electrons. The van der Waals surface area contributed by atoms with Crippen molar-refractivity contribution in [3.05, 3.63) is 0 Å². The Hall–Kier alpha value is -0.190. The molecule has 0 amide bonds. The standard InChI is InChI=1S/C12H26FN3/c1-11(2)15-7-9-16(10-8-15)12(3,4)14-6-5-13/h11,14H,5-10H2,1-4H3. The highest BCUT2D eigenvalue weighted by Crippen LogP contribution is 2.15. The molecule has 1 N–H and O–H groups in total. The van der Waals surface area contributed by atoms with Gasteiger partial charge in [0.15, 0.2) is 0 Å². The normalized spacial score (nSPS) is 20.6. The molecular formula is C12H26FN3. The number of hydrogen-bond acceptors (Lipinski definition) is 3. The van der Waals surface area contributed by atoms with Gasteiger partial charge in [0.1, 0.15) is 6.67 Å². The average molecular weight is 231 g/mol. The predicted molar refractivity (Wildman–Crippen MR) is 66.3 cm³/mol. The number of hydrogen-bond donors (Lipinski definition) is 1. The molecule has 0 aromatic carbocycles. The monoisotopic (exact) mass is 231 g/mol. The van der Waals surface area contributed by atoms with Gasteiger partial charge in [0.25, 0.3) is 0 Å². The first-order chi connectivity index (χ1) is 7.47. The quantitative estimate of drug-likeness (QED) is 0.769. The molecule has 3 nitrogen and oxygen atoms in total. The van der Waals surface area contributed by atoms with E-state index in [4.69, 9.17) is 0 Å². The zero-order valence-corrected chi connectivity index (χ0v) is 11.1. The van der Waals surface area contributed by atoms with Gasteiger partial charge in [-0.2, -0.15) is 0 Å². The molecule has 1 aliphatic rings. The molecule has 0 bridgehead atoms. The summed E-state index contributed by atoms with van der Waals surface area (Å²) in [4.78, 5) is 4.89. The Morgan fingerprint density at radius 3 is 2.19 bits per heavy atom. The lowest BCUT2D eigenvalue weighted by atomic mass is 10.1. The topological polar surface area (TPSA) is 18.5 Å². The van der Waals surface area contributed by atoms with Crippen LogP contribution in [0.1, 0.15) is 27.7 Å². The minimum absolute atomic E-state index is 0.0881. The molecule has 1 rings (SSSR count). The van der Waals surface area contributed by atoms with Crippen LogP contribution in [0.15, 0.2) is 0 Å². The predicted octanol–water partition coefficient (Wildman–Crippen LogP) is 1.31. The molecule has 1 aliphatic heterocycles. The van der Waals surface area contributed by atoms with Gasteiger partial charge in [-0.05, 0) is 27.7 Å². The summed E-state index contributed by atoms with van der Waals surface area (Å²) in [5.74, 6) is 0. The van der Waals surface area contributed by atoms with Gasteiger partial charge in [-0.1, -0.05) is 0 Å². The second-order valence-electron chi connectivity index (χ2n) is 5.29. The average Bonchev–Trinajstić information content (AvgIpc) is 2.26. The zero-order chi connectivity index (χ0) is 12.2. The van der Waals surface area contributed by atoms with Crippen molar-refractivity contribution in [3.63, 3.8) is 0 Å². The van der Waals surface area contributed by atoms with Crippen LogP contribution in [0, 0.1) is 0 Å². The molecular weight excluding hydrogens is 205 g/mol. The van der Waals surface area contributed by atoms with Gasteiger partial charge in [0.2, 0.25) is 0 Å². The second-order valence-corrected chi connectivity index (χ2v) is 5.29. The van der Waals surface area contributed by atoms with Crippen LogP contribution >= 0.6 is 0 Å². The van der Waals surface area contributed by atoms with Gasteiger partial charge in [-0.25, -0.2) is 4.39 Å². The van der Waals surface area contributed by atoms with Crippen molar-refractivity contribution >= 4 is 0 Å². The largest absolute Gasteiger partial charge is 0.298 e. The first kappa shape index (κ1) is 13.9. The van der Waals surface area contributed by atoms with Gasteiger partial charge in [-0.15, -0.1) is 0 Å². The van der Waals surface area contributed by atoms with Crippen LogP contribution in [-0.2, 0) is 0 Å². The molecule has 0 spiro atoms. The van der Waals surface area contributed by atoms with E-state index in [1.807, 2.05) is 0 Å². The maximum atomic E-state index is 12.2. The number of alkyl halides is 1. The van der Waals surface area contributed by atoms with E-state index < -0.39 is 0 Å². The van der Waals surface area contributed by atoms with Gasteiger partial charge in [0.05, 0.1) is 5.66 Å². The summed E-state index contributed by atoms with van der Waals surface area (Å²) in [6.45, 7) is 13.2. The molecule has 0 aromatic rings. The highest BCUT2D eigenvalue weighted by Gasteiger charge is 2.29. The molecule has 0 aliphatic carbocycles. The van der Waals surface area contributed by atoms with Crippen LogP contribution in [0.2, 0.25) is 0 Å². The van der Waals surface area contributed by atoms with Crippen LogP contribution in [0.3, 0.4) is 0 Å². The summed E-state index contributed by atoms with van der Waals surface area (Å²) in [6.07, 6.45) is 0. The van der Waals surface area contributed by atoms with Crippen molar-refractivity contribution in [2.45, 2.75) is 39.4 Å². The SMILES string of the molecule is CC(C)N1CCN(C(C)(C)NCCF)CC1. The summed E-state index contributed by atoms with van der Waals surface area (Å²) >= 11 is 0. The third kappa shape index (κ3) is 3.68. The van der Waals surface area contributed by atoms with Crippen LogP contribution in [0.5, 0.6) is 0 Å². The van der Waals surface area contributed by atoms with Gasteiger partial charge < -0.3 is 0 Å². The van der Waals surface area contributed by atoms with E-state index >= 15 is 0 Å². The fraction of sp³-hybridized carbons (Fsp3) is 1.00. The molecule has 1 heterocycles. The van der Waals surface area contributed by atoms with Crippen molar-refractivity contribution in [2.75, 3.05) is 39.4 Å². The van der Waals surface area contributed by atoms with E-state index in [1.165, 1.54) is 0 Å². The van der Waals surface area contributed by atoms with E-state index in [0.29, 0.717) is 12.6 Å². The third-order valence-corrected chi connectivity index (χ3v) is 3.49. The highest BCUT2D eigenvalue weighted by atomic mass is 19.1. The molecule has 0 saturated carbocycles. The first-order valence-corrected chi connectivity index (χ1v) is 6.27. The zero-order valence-electron chi connectivity index (χ0n) is 11.1. The summed E-state index contributed by atoms with van der Waals surface area (Å²) in [7, 11) is 0. The molecule has 0 aromatic heterocycles. The fourth-order valence-corrected chi connectivity index (χ4v) is 2.26. The number of rotatable bonds is 5. The molecule has 0 unspecified atom stereocenters. The van der Waals surface area contributed by atoms with Gasteiger partial charge in [0, 0.05) is 38.8 Å². The van der Waals surface area contributed by atoms with Crippen molar-refractivity contribution in [1.29, 1.82) is 0 Å². The first-order valence-electron chi connectivity index (χ1n) is 6.27. The lowest BCUT2D eigenvalue weighted by molar-refractivity contribution is 0.0216. The summed E-state index contributed by atoms with van der Waals surface area (Å²) in [5, 5.41) is 3.25. The van der Waals surface area contributed by atoms with Crippen molar-refractivity contribution in [1.82, 2.24) is 15.1 Å². The van der Waals surface area contributed by atoms with Crippen molar-refractivity contribution in [3.8, 4) is 0 Å². The molecule has 0 atom stereocenters. The summed E-state index contributed by atoms with van der Waals surface area (Å²) < 4.78 is 12.2. The number of piperazine rings is 1. The Labute approximate surface area is 99.0 Å². The molecule has 0 radical (unpaired) electrons.